The van der Waals surface area contributed by atoms with E-state index in [-0.39, 0.29) is 24.3 Å². The fraction of sp³-hybridized carbons (Fsp3) is 0.0769. The first-order chi connectivity index (χ1) is 10.0. The molecule has 2 rings (SSSR count). The zero-order valence-electron chi connectivity index (χ0n) is 10.9. The molecule has 0 aliphatic carbocycles. The van der Waals surface area contributed by atoms with E-state index >= 15 is 0 Å². The molecule has 0 amide bonds. The highest BCUT2D eigenvalue weighted by Crippen LogP contribution is 2.16. The summed E-state index contributed by atoms with van der Waals surface area (Å²) in [6.07, 6.45) is 2.82. The van der Waals surface area contributed by atoms with Crippen LogP contribution in [0.4, 0.5) is 11.9 Å². The molecule has 0 aliphatic rings. The molecule has 1 aromatic carbocycles. The number of halogens is 1. The van der Waals surface area contributed by atoms with Crippen LogP contribution in [0.1, 0.15) is 11.4 Å². The van der Waals surface area contributed by atoms with E-state index in [4.69, 9.17) is 27.8 Å². The van der Waals surface area contributed by atoms with E-state index in [9.17, 15) is 4.79 Å². The standard InChI is InChI=1S/C13H12ClN5O2/c14-9-4-2-1-3-8(9)5-6-11(20)21-7-10-17-12(15)19-13(16)18-10/h1-6H,7H2,(H4,15,16,17,18,19)/b6-5+. The lowest BCUT2D eigenvalue weighted by molar-refractivity contribution is -0.139. The summed E-state index contributed by atoms with van der Waals surface area (Å²) in [6, 6.07) is 7.11. The maximum atomic E-state index is 11.6. The number of aromatic nitrogens is 3. The summed E-state index contributed by atoms with van der Waals surface area (Å²) in [5, 5.41) is 0.541. The van der Waals surface area contributed by atoms with Crippen molar-refractivity contribution in [3.05, 3.63) is 46.8 Å². The lowest BCUT2D eigenvalue weighted by atomic mass is 10.2. The summed E-state index contributed by atoms with van der Waals surface area (Å²) < 4.78 is 4.97. The number of ether oxygens (including phenoxy) is 1. The van der Waals surface area contributed by atoms with Gasteiger partial charge >= 0.3 is 5.97 Å². The molecule has 8 heteroatoms. The number of hydrogen-bond acceptors (Lipinski definition) is 7. The van der Waals surface area contributed by atoms with Gasteiger partial charge in [0, 0.05) is 11.1 Å². The third kappa shape index (κ3) is 4.43. The lowest BCUT2D eigenvalue weighted by Gasteiger charge is -2.02. The minimum atomic E-state index is -0.563. The van der Waals surface area contributed by atoms with Crippen molar-refractivity contribution < 1.29 is 9.53 Å². The predicted molar refractivity (Wildman–Crippen MR) is 78.9 cm³/mol. The van der Waals surface area contributed by atoms with E-state index in [1.807, 2.05) is 6.07 Å². The number of anilines is 2. The Balaban J connectivity index is 1.95. The minimum Gasteiger partial charge on any atom is -0.454 e. The van der Waals surface area contributed by atoms with Crippen LogP contribution in [0.5, 0.6) is 0 Å². The molecule has 0 bridgehead atoms. The van der Waals surface area contributed by atoms with Crippen LogP contribution < -0.4 is 11.5 Å². The molecular weight excluding hydrogens is 294 g/mol. The quantitative estimate of drug-likeness (QED) is 0.648. The predicted octanol–water partition coefficient (Wildman–Crippen LogP) is 1.45. The van der Waals surface area contributed by atoms with Crippen LogP contribution in [-0.2, 0) is 16.1 Å². The van der Waals surface area contributed by atoms with E-state index in [2.05, 4.69) is 15.0 Å². The molecule has 0 saturated carbocycles. The average Bonchev–Trinajstić information content (AvgIpc) is 2.43. The number of esters is 1. The smallest absolute Gasteiger partial charge is 0.331 e. The van der Waals surface area contributed by atoms with Crippen LogP contribution in [0.15, 0.2) is 30.3 Å². The van der Waals surface area contributed by atoms with Crippen molar-refractivity contribution in [3.63, 3.8) is 0 Å². The summed E-state index contributed by atoms with van der Waals surface area (Å²) in [7, 11) is 0. The Morgan fingerprint density at radius 3 is 2.52 bits per heavy atom. The molecule has 0 aliphatic heterocycles. The lowest BCUT2D eigenvalue weighted by Crippen LogP contribution is -2.09. The first-order valence-corrected chi connectivity index (χ1v) is 6.27. The van der Waals surface area contributed by atoms with Crippen LogP contribution >= 0.6 is 11.6 Å². The van der Waals surface area contributed by atoms with Crippen LogP contribution in [-0.4, -0.2) is 20.9 Å². The Kier molecular flexibility index (Phi) is 4.68. The van der Waals surface area contributed by atoms with Crippen molar-refractivity contribution in [1.29, 1.82) is 0 Å². The van der Waals surface area contributed by atoms with Gasteiger partial charge in [-0.3, -0.25) is 0 Å². The number of nitrogens with zero attached hydrogens (tertiary/aromatic N) is 3. The van der Waals surface area contributed by atoms with Gasteiger partial charge in [0.2, 0.25) is 11.9 Å². The summed E-state index contributed by atoms with van der Waals surface area (Å²) in [6.45, 7) is -0.150. The zero-order valence-corrected chi connectivity index (χ0v) is 11.6. The van der Waals surface area contributed by atoms with Gasteiger partial charge < -0.3 is 16.2 Å². The zero-order chi connectivity index (χ0) is 15.2. The summed E-state index contributed by atoms with van der Waals surface area (Å²) >= 11 is 5.96. The SMILES string of the molecule is Nc1nc(N)nc(COC(=O)/C=C/c2ccccc2Cl)n1. The van der Waals surface area contributed by atoms with Gasteiger partial charge in [0.1, 0.15) is 0 Å². The first kappa shape index (κ1) is 14.7. The van der Waals surface area contributed by atoms with E-state index in [1.54, 1.807) is 24.3 Å². The molecule has 0 radical (unpaired) electrons. The monoisotopic (exact) mass is 305 g/mol. The highest BCUT2D eigenvalue weighted by atomic mass is 35.5. The van der Waals surface area contributed by atoms with Gasteiger partial charge in [-0.1, -0.05) is 29.8 Å². The van der Waals surface area contributed by atoms with Gasteiger partial charge in [-0.2, -0.15) is 15.0 Å². The van der Waals surface area contributed by atoms with Crippen molar-refractivity contribution >= 4 is 35.5 Å². The third-order valence-corrected chi connectivity index (χ3v) is 2.71. The fourth-order valence-corrected chi connectivity index (χ4v) is 1.67. The summed E-state index contributed by atoms with van der Waals surface area (Å²) in [5.41, 5.74) is 11.5. The average molecular weight is 306 g/mol. The molecule has 4 N–H and O–H groups in total. The van der Waals surface area contributed by atoms with Gasteiger partial charge in [-0.15, -0.1) is 0 Å². The Morgan fingerprint density at radius 1 is 1.19 bits per heavy atom. The fourth-order valence-electron chi connectivity index (χ4n) is 1.47. The third-order valence-electron chi connectivity index (χ3n) is 2.36. The maximum absolute atomic E-state index is 11.6. The second-order valence-corrected chi connectivity index (χ2v) is 4.34. The number of nitrogen functional groups attached to an aromatic ring is 2. The first-order valence-electron chi connectivity index (χ1n) is 5.90. The van der Waals surface area contributed by atoms with Gasteiger partial charge in [0.05, 0.1) is 0 Å². The van der Waals surface area contributed by atoms with Crippen molar-refractivity contribution in [3.8, 4) is 0 Å². The Morgan fingerprint density at radius 2 is 1.86 bits per heavy atom. The van der Waals surface area contributed by atoms with Crippen molar-refractivity contribution in [2.45, 2.75) is 6.61 Å². The van der Waals surface area contributed by atoms with Crippen LogP contribution in [0.2, 0.25) is 5.02 Å². The van der Waals surface area contributed by atoms with Gasteiger partial charge in [0.25, 0.3) is 0 Å². The molecule has 0 spiro atoms. The molecule has 1 heterocycles. The highest BCUT2D eigenvalue weighted by Gasteiger charge is 2.05. The molecule has 0 fully saturated rings. The van der Waals surface area contributed by atoms with Crippen molar-refractivity contribution in [2.75, 3.05) is 11.5 Å². The van der Waals surface area contributed by atoms with Gasteiger partial charge in [0.15, 0.2) is 12.4 Å². The molecule has 1 aromatic heterocycles. The Labute approximate surface area is 125 Å². The minimum absolute atomic E-state index is 0.0276. The normalized spacial score (nSPS) is 10.7. The van der Waals surface area contributed by atoms with E-state index in [0.717, 1.165) is 0 Å². The van der Waals surface area contributed by atoms with Crippen LogP contribution in [0.3, 0.4) is 0 Å². The molecule has 108 valence electrons. The summed E-state index contributed by atoms with van der Waals surface area (Å²) in [5.74, 6) is -0.438. The summed E-state index contributed by atoms with van der Waals surface area (Å²) in [4.78, 5) is 22.8. The molecular formula is C13H12ClN5O2. The number of benzene rings is 1. The molecule has 0 saturated heterocycles. The second-order valence-electron chi connectivity index (χ2n) is 3.93. The number of carbonyl (C=O) groups is 1. The number of carbonyl (C=O) groups excluding carboxylic acids is 1. The van der Waals surface area contributed by atoms with Crippen LogP contribution in [0.25, 0.3) is 6.08 Å². The molecule has 2 aromatic rings. The van der Waals surface area contributed by atoms with Gasteiger partial charge in [-0.05, 0) is 17.7 Å². The van der Waals surface area contributed by atoms with Crippen molar-refractivity contribution in [1.82, 2.24) is 15.0 Å². The molecule has 0 atom stereocenters. The Hall–Kier alpha value is -2.67. The topological polar surface area (TPSA) is 117 Å². The van der Waals surface area contributed by atoms with E-state index in [1.165, 1.54) is 6.08 Å². The van der Waals surface area contributed by atoms with E-state index < -0.39 is 5.97 Å². The van der Waals surface area contributed by atoms with E-state index in [0.29, 0.717) is 10.6 Å². The highest BCUT2D eigenvalue weighted by molar-refractivity contribution is 6.32. The molecule has 21 heavy (non-hydrogen) atoms. The maximum Gasteiger partial charge on any atom is 0.331 e. The second kappa shape index (κ2) is 6.67. The largest absolute Gasteiger partial charge is 0.454 e. The molecule has 7 nitrogen and oxygen atoms in total. The van der Waals surface area contributed by atoms with Crippen LogP contribution in [0, 0.1) is 0 Å². The number of rotatable bonds is 4. The number of nitrogens with two attached hydrogens (primary N) is 2. The van der Waals surface area contributed by atoms with Gasteiger partial charge in [-0.25, -0.2) is 4.79 Å². The number of hydrogen-bond donors (Lipinski definition) is 2. The van der Waals surface area contributed by atoms with Crippen molar-refractivity contribution in [2.24, 2.45) is 0 Å². The molecule has 0 unspecified atom stereocenters. The Bertz CT molecular complexity index is 670.